The number of amides is 1. The number of pyridine rings is 1. The molecule has 0 aliphatic heterocycles. The highest BCUT2D eigenvalue weighted by Crippen LogP contribution is 2.17. The van der Waals surface area contributed by atoms with Crippen LogP contribution in [0.25, 0.3) is 0 Å². The number of carbonyl (C=O) groups is 1. The molecular formula is C17H20N2O2. The van der Waals surface area contributed by atoms with E-state index in [4.69, 9.17) is 4.74 Å². The lowest BCUT2D eigenvalue weighted by Crippen LogP contribution is -2.35. The molecule has 2 rings (SSSR count). The molecule has 1 atom stereocenters. The van der Waals surface area contributed by atoms with Crippen LogP contribution in [0.3, 0.4) is 0 Å². The first-order chi connectivity index (χ1) is 10.1. The molecule has 0 radical (unpaired) electrons. The van der Waals surface area contributed by atoms with E-state index in [1.165, 1.54) is 5.56 Å². The van der Waals surface area contributed by atoms with E-state index < -0.39 is 6.10 Å². The minimum Gasteiger partial charge on any atom is -0.481 e. The number of rotatable bonds is 5. The van der Waals surface area contributed by atoms with Gasteiger partial charge < -0.3 is 10.1 Å². The molecule has 0 bridgehead atoms. The van der Waals surface area contributed by atoms with Crippen LogP contribution in [-0.2, 0) is 11.3 Å². The average molecular weight is 284 g/mol. The fourth-order valence-electron chi connectivity index (χ4n) is 1.88. The van der Waals surface area contributed by atoms with Crippen molar-refractivity contribution < 1.29 is 9.53 Å². The van der Waals surface area contributed by atoms with Crippen molar-refractivity contribution in [3.05, 3.63) is 59.4 Å². The maximum absolute atomic E-state index is 12.0. The molecular weight excluding hydrogens is 264 g/mol. The van der Waals surface area contributed by atoms with Crippen LogP contribution in [0.5, 0.6) is 5.75 Å². The lowest BCUT2D eigenvalue weighted by Gasteiger charge is -2.15. The molecule has 0 aliphatic carbocycles. The Kier molecular flexibility index (Phi) is 4.93. The molecule has 21 heavy (non-hydrogen) atoms. The van der Waals surface area contributed by atoms with Gasteiger partial charge in [-0.2, -0.15) is 0 Å². The zero-order valence-corrected chi connectivity index (χ0v) is 12.6. The third kappa shape index (κ3) is 4.31. The highest BCUT2D eigenvalue weighted by molar-refractivity contribution is 5.80. The van der Waals surface area contributed by atoms with Gasteiger partial charge in [0.1, 0.15) is 5.75 Å². The molecule has 1 unspecified atom stereocenters. The summed E-state index contributed by atoms with van der Waals surface area (Å²) in [5, 5.41) is 2.84. The van der Waals surface area contributed by atoms with Crippen LogP contribution in [0.1, 0.15) is 23.6 Å². The summed E-state index contributed by atoms with van der Waals surface area (Å²) in [7, 11) is 0. The zero-order valence-electron chi connectivity index (χ0n) is 12.6. The van der Waals surface area contributed by atoms with Gasteiger partial charge in [-0.15, -0.1) is 0 Å². The first-order valence-corrected chi connectivity index (χ1v) is 6.97. The van der Waals surface area contributed by atoms with E-state index in [0.717, 1.165) is 11.1 Å². The van der Waals surface area contributed by atoms with Crippen LogP contribution in [0.15, 0.2) is 42.7 Å². The molecule has 1 N–H and O–H groups in total. The number of aryl methyl sites for hydroxylation is 2. The second-order valence-electron chi connectivity index (χ2n) is 5.09. The van der Waals surface area contributed by atoms with Crippen molar-refractivity contribution >= 4 is 5.91 Å². The number of aromatic nitrogens is 1. The Bertz CT molecular complexity index is 611. The van der Waals surface area contributed by atoms with Gasteiger partial charge in [0.25, 0.3) is 5.91 Å². The van der Waals surface area contributed by atoms with Gasteiger partial charge in [0.05, 0.1) is 0 Å². The van der Waals surface area contributed by atoms with Crippen molar-refractivity contribution in [2.24, 2.45) is 0 Å². The molecule has 1 aromatic carbocycles. The summed E-state index contributed by atoms with van der Waals surface area (Å²) in [6.07, 6.45) is 2.90. The van der Waals surface area contributed by atoms with Crippen LogP contribution in [0.2, 0.25) is 0 Å². The second kappa shape index (κ2) is 6.88. The molecule has 0 fully saturated rings. The summed E-state index contributed by atoms with van der Waals surface area (Å²) in [5.41, 5.74) is 3.32. The van der Waals surface area contributed by atoms with Crippen molar-refractivity contribution in [1.82, 2.24) is 10.3 Å². The highest BCUT2D eigenvalue weighted by Gasteiger charge is 2.14. The van der Waals surface area contributed by atoms with Gasteiger partial charge in [0, 0.05) is 18.9 Å². The third-order valence-electron chi connectivity index (χ3n) is 3.35. The molecule has 1 heterocycles. The van der Waals surface area contributed by atoms with Gasteiger partial charge in [-0.05, 0) is 55.7 Å². The topological polar surface area (TPSA) is 51.2 Å². The summed E-state index contributed by atoms with van der Waals surface area (Å²) in [6, 6.07) is 9.58. The zero-order chi connectivity index (χ0) is 15.2. The molecule has 2 aromatic rings. The Hall–Kier alpha value is -2.36. The normalized spacial score (nSPS) is 11.8. The van der Waals surface area contributed by atoms with Gasteiger partial charge in [0.2, 0.25) is 0 Å². The van der Waals surface area contributed by atoms with Crippen LogP contribution in [-0.4, -0.2) is 17.0 Å². The highest BCUT2D eigenvalue weighted by atomic mass is 16.5. The molecule has 1 aromatic heterocycles. The quantitative estimate of drug-likeness (QED) is 0.918. The van der Waals surface area contributed by atoms with E-state index in [2.05, 4.69) is 10.3 Å². The third-order valence-corrected chi connectivity index (χ3v) is 3.35. The average Bonchev–Trinajstić information content (AvgIpc) is 2.49. The Morgan fingerprint density at radius 1 is 1.29 bits per heavy atom. The van der Waals surface area contributed by atoms with Crippen molar-refractivity contribution in [2.75, 3.05) is 0 Å². The Balaban J connectivity index is 1.88. The van der Waals surface area contributed by atoms with E-state index >= 15 is 0 Å². The molecule has 0 saturated carbocycles. The SMILES string of the molecule is Cc1ccc(OC(C)C(=O)NCc2cccnc2)cc1C. The predicted octanol–water partition coefficient (Wildman–Crippen LogP) is 2.78. The van der Waals surface area contributed by atoms with Crippen molar-refractivity contribution in [1.29, 1.82) is 0 Å². The fourth-order valence-corrected chi connectivity index (χ4v) is 1.88. The second-order valence-corrected chi connectivity index (χ2v) is 5.09. The number of benzene rings is 1. The van der Waals surface area contributed by atoms with Crippen molar-refractivity contribution in [3.8, 4) is 5.75 Å². The van der Waals surface area contributed by atoms with Crippen molar-refractivity contribution in [3.63, 3.8) is 0 Å². The van der Waals surface area contributed by atoms with E-state index in [1.807, 2.05) is 44.2 Å². The molecule has 110 valence electrons. The number of nitrogens with one attached hydrogen (secondary N) is 1. The monoisotopic (exact) mass is 284 g/mol. The number of carbonyl (C=O) groups excluding carboxylic acids is 1. The Labute approximate surface area is 125 Å². The number of hydrogen-bond donors (Lipinski definition) is 1. The van der Waals surface area contributed by atoms with Crippen LogP contribution >= 0.6 is 0 Å². The lowest BCUT2D eigenvalue weighted by atomic mass is 10.1. The molecule has 0 spiro atoms. The smallest absolute Gasteiger partial charge is 0.261 e. The van der Waals surface area contributed by atoms with E-state index in [-0.39, 0.29) is 5.91 Å². The number of ether oxygens (including phenoxy) is 1. The molecule has 0 aliphatic rings. The van der Waals surface area contributed by atoms with E-state index in [9.17, 15) is 4.79 Å². The van der Waals surface area contributed by atoms with Crippen LogP contribution in [0.4, 0.5) is 0 Å². The summed E-state index contributed by atoms with van der Waals surface area (Å²) < 4.78 is 5.67. The van der Waals surface area contributed by atoms with Crippen molar-refractivity contribution in [2.45, 2.75) is 33.4 Å². The minimum atomic E-state index is -0.538. The van der Waals surface area contributed by atoms with Gasteiger partial charge in [0.15, 0.2) is 6.10 Å². The Morgan fingerprint density at radius 2 is 2.10 bits per heavy atom. The van der Waals surface area contributed by atoms with Crippen LogP contribution in [0, 0.1) is 13.8 Å². The molecule has 4 heteroatoms. The number of hydrogen-bond acceptors (Lipinski definition) is 3. The Morgan fingerprint density at radius 3 is 2.76 bits per heavy atom. The lowest BCUT2D eigenvalue weighted by molar-refractivity contribution is -0.127. The molecule has 4 nitrogen and oxygen atoms in total. The summed E-state index contributed by atoms with van der Waals surface area (Å²) in [6.45, 7) is 6.26. The maximum Gasteiger partial charge on any atom is 0.261 e. The summed E-state index contributed by atoms with van der Waals surface area (Å²) in [4.78, 5) is 16.0. The largest absolute Gasteiger partial charge is 0.481 e. The van der Waals surface area contributed by atoms with Gasteiger partial charge in [-0.3, -0.25) is 9.78 Å². The predicted molar refractivity (Wildman–Crippen MR) is 82.1 cm³/mol. The molecule has 1 amide bonds. The maximum atomic E-state index is 12.0. The summed E-state index contributed by atoms with van der Waals surface area (Å²) >= 11 is 0. The number of nitrogens with zero attached hydrogens (tertiary/aromatic N) is 1. The summed E-state index contributed by atoms with van der Waals surface area (Å²) in [5.74, 6) is 0.569. The van der Waals surface area contributed by atoms with Crippen LogP contribution < -0.4 is 10.1 Å². The van der Waals surface area contributed by atoms with Gasteiger partial charge in [-0.1, -0.05) is 12.1 Å². The van der Waals surface area contributed by atoms with E-state index in [1.54, 1.807) is 19.3 Å². The standard InChI is InChI=1S/C17H20N2O2/c1-12-6-7-16(9-13(12)2)21-14(3)17(20)19-11-15-5-4-8-18-10-15/h4-10,14H,11H2,1-3H3,(H,19,20). The van der Waals surface area contributed by atoms with E-state index in [0.29, 0.717) is 12.3 Å². The first kappa shape index (κ1) is 15.0. The van der Waals surface area contributed by atoms with Gasteiger partial charge in [-0.25, -0.2) is 0 Å². The van der Waals surface area contributed by atoms with Gasteiger partial charge >= 0.3 is 0 Å². The molecule has 0 saturated heterocycles. The first-order valence-electron chi connectivity index (χ1n) is 6.97. The minimum absolute atomic E-state index is 0.142. The fraction of sp³-hybridized carbons (Fsp3) is 0.294.